The monoisotopic (exact) mass is 392 g/mol. The number of allylic oxidation sites excluding steroid dienone is 2. The van der Waals surface area contributed by atoms with E-state index in [1.165, 1.54) is 51.9 Å². The number of carbonyl (C=O) groups is 3. The van der Waals surface area contributed by atoms with Crippen molar-refractivity contribution in [2.24, 2.45) is 0 Å². The highest BCUT2D eigenvalue weighted by Crippen LogP contribution is 2.26. The Morgan fingerprint density at radius 1 is 0.964 bits per heavy atom. The first-order valence-corrected chi connectivity index (χ1v) is 10.7. The third-order valence-electron chi connectivity index (χ3n) is 5.09. The predicted octanol–water partition coefficient (Wildman–Crippen LogP) is 5.23. The first-order valence-electron chi connectivity index (χ1n) is 10.7. The standard InChI is InChI=1S/C23H36O5/c1-20(25)28-23(2)17-14-16-21(22(23)26)15-12-10-8-6-4-3-5-7-9-11-13-18-27-19-24/h14,16-17,19H,3-13,15,18H2,1-2H3. The number of Topliss-reactive ketones (excluding diaryl/α,β-unsaturated/α-hetero) is 1. The van der Waals surface area contributed by atoms with Gasteiger partial charge in [0.1, 0.15) is 0 Å². The summed E-state index contributed by atoms with van der Waals surface area (Å²) in [6.45, 7) is 4.04. The molecule has 0 saturated carbocycles. The molecular weight excluding hydrogens is 356 g/mol. The summed E-state index contributed by atoms with van der Waals surface area (Å²) in [6.07, 6.45) is 19.0. The molecule has 0 saturated heterocycles. The number of ketones is 1. The van der Waals surface area contributed by atoms with Crippen LogP contribution in [0.3, 0.4) is 0 Å². The van der Waals surface area contributed by atoms with Gasteiger partial charge in [-0.1, -0.05) is 69.9 Å². The van der Waals surface area contributed by atoms with Crippen molar-refractivity contribution in [3.05, 3.63) is 23.8 Å². The Morgan fingerprint density at radius 3 is 2.04 bits per heavy atom. The smallest absolute Gasteiger partial charge is 0.303 e. The normalized spacial score (nSPS) is 18.6. The maximum absolute atomic E-state index is 12.5. The lowest BCUT2D eigenvalue weighted by atomic mass is 9.87. The van der Waals surface area contributed by atoms with E-state index in [1.54, 1.807) is 13.0 Å². The zero-order valence-corrected chi connectivity index (χ0v) is 17.5. The number of carbonyl (C=O) groups excluding carboxylic acids is 3. The molecule has 28 heavy (non-hydrogen) atoms. The Hall–Kier alpha value is -1.91. The molecule has 158 valence electrons. The first-order chi connectivity index (χ1) is 13.5. The fourth-order valence-electron chi connectivity index (χ4n) is 3.53. The zero-order chi connectivity index (χ0) is 20.7. The third kappa shape index (κ3) is 9.86. The third-order valence-corrected chi connectivity index (χ3v) is 5.09. The lowest BCUT2D eigenvalue weighted by Crippen LogP contribution is -2.40. The van der Waals surface area contributed by atoms with Crippen molar-refractivity contribution in [3.8, 4) is 0 Å². The SMILES string of the molecule is CC(=O)OC1(C)C=CC=C(CCCCCCCCCCCCCOC=O)C1=O. The molecule has 0 aromatic carbocycles. The van der Waals surface area contributed by atoms with Crippen LogP contribution in [0.2, 0.25) is 0 Å². The van der Waals surface area contributed by atoms with Gasteiger partial charge in [0.05, 0.1) is 6.61 Å². The second kappa shape index (κ2) is 14.1. The van der Waals surface area contributed by atoms with E-state index in [-0.39, 0.29) is 5.78 Å². The molecule has 0 aliphatic heterocycles. The minimum absolute atomic E-state index is 0.0945. The average Bonchev–Trinajstić information content (AvgIpc) is 2.65. The predicted molar refractivity (Wildman–Crippen MR) is 110 cm³/mol. The lowest BCUT2D eigenvalue weighted by molar-refractivity contribution is -0.157. The number of unbranched alkanes of at least 4 members (excludes halogenated alkanes) is 10. The largest absolute Gasteiger partial charge is 0.468 e. The number of hydrogen-bond acceptors (Lipinski definition) is 5. The number of ether oxygens (including phenoxy) is 2. The van der Waals surface area contributed by atoms with Crippen molar-refractivity contribution in [1.29, 1.82) is 0 Å². The molecule has 0 fully saturated rings. The number of rotatable bonds is 16. The van der Waals surface area contributed by atoms with E-state index in [1.807, 2.05) is 12.2 Å². The lowest BCUT2D eigenvalue weighted by Gasteiger charge is -2.27. The summed E-state index contributed by atoms with van der Waals surface area (Å²) in [4.78, 5) is 33.8. The van der Waals surface area contributed by atoms with Gasteiger partial charge in [0, 0.05) is 6.92 Å². The molecule has 1 aliphatic rings. The molecule has 0 heterocycles. The second-order valence-corrected chi connectivity index (χ2v) is 7.69. The second-order valence-electron chi connectivity index (χ2n) is 7.69. The molecule has 0 radical (unpaired) electrons. The summed E-state index contributed by atoms with van der Waals surface area (Å²) in [5.41, 5.74) is -0.387. The van der Waals surface area contributed by atoms with E-state index >= 15 is 0 Å². The van der Waals surface area contributed by atoms with Crippen LogP contribution >= 0.6 is 0 Å². The maximum atomic E-state index is 12.5. The molecule has 1 aliphatic carbocycles. The van der Waals surface area contributed by atoms with Gasteiger partial charge in [-0.25, -0.2) is 0 Å². The highest BCUT2D eigenvalue weighted by Gasteiger charge is 2.37. The van der Waals surface area contributed by atoms with Crippen LogP contribution in [0.25, 0.3) is 0 Å². The summed E-state index contributed by atoms with van der Waals surface area (Å²) >= 11 is 0. The van der Waals surface area contributed by atoms with Gasteiger partial charge in [-0.15, -0.1) is 0 Å². The maximum Gasteiger partial charge on any atom is 0.303 e. The molecule has 0 spiro atoms. The Bertz CT molecular complexity index is 549. The molecule has 0 bridgehead atoms. The number of hydrogen-bond donors (Lipinski definition) is 0. The van der Waals surface area contributed by atoms with E-state index in [9.17, 15) is 14.4 Å². The van der Waals surface area contributed by atoms with Gasteiger partial charge in [-0.3, -0.25) is 14.4 Å². The van der Waals surface area contributed by atoms with Crippen LogP contribution in [-0.4, -0.2) is 30.4 Å². The van der Waals surface area contributed by atoms with Gasteiger partial charge >= 0.3 is 5.97 Å². The van der Waals surface area contributed by atoms with E-state index in [2.05, 4.69) is 4.74 Å². The van der Waals surface area contributed by atoms with E-state index in [4.69, 9.17) is 4.74 Å². The van der Waals surface area contributed by atoms with Crippen molar-refractivity contribution >= 4 is 18.2 Å². The van der Waals surface area contributed by atoms with E-state index < -0.39 is 11.6 Å². The minimum Gasteiger partial charge on any atom is -0.468 e. The van der Waals surface area contributed by atoms with Gasteiger partial charge in [0.2, 0.25) is 5.78 Å². The molecular formula is C23H36O5. The quantitative estimate of drug-likeness (QED) is 0.204. The van der Waals surface area contributed by atoms with Crippen LogP contribution in [0.5, 0.6) is 0 Å². The van der Waals surface area contributed by atoms with Crippen LogP contribution in [0.4, 0.5) is 0 Å². The zero-order valence-electron chi connectivity index (χ0n) is 17.5. The molecule has 5 heteroatoms. The van der Waals surface area contributed by atoms with E-state index in [0.29, 0.717) is 13.1 Å². The summed E-state index contributed by atoms with van der Waals surface area (Å²) in [6, 6.07) is 0. The highest BCUT2D eigenvalue weighted by atomic mass is 16.6. The fourth-order valence-corrected chi connectivity index (χ4v) is 3.53. The van der Waals surface area contributed by atoms with E-state index in [0.717, 1.165) is 37.7 Å². The molecule has 1 rings (SSSR count). The average molecular weight is 393 g/mol. The Morgan fingerprint density at radius 2 is 1.50 bits per heavy atom. The molecule has 0 aromatic heterocycles. The molecule has 0 aromatic rings. The van der Waals surface area contributed by atoms with Crippen molar-refractivity contribution in [3.63, 3.8) is 0 Å². The van der Waals surface area contributed by atoms with Gasteiger partial charge in [-0.2, -0.15) is 0 Å². The summed E-state index contributed by atoms with van der Waals surface area (Å²) < 4.78 is 9.88. The molecule has 0 N–H and O–H groups in total. The molecule has 0 amide bonds. The van der Waals surface area contributed by atoms with Crippen molar-refractivity contribution in [1.82, 2.24) is 0 Å². The summed E-state index contributed by atoms with van der Waals surface area (Å²) in [5, 5.41) is 0. The Balaban J connectivity index is 2.01. The summed E-state index contributed by atoms with van der Waals surface area (Å²) in [7, 11) is 0. The molecule has 5 nitrogen and oxygen atoms in total. The molecule has 1 unspecified atom stereocenters. The van der Waals surface area contributed by atoms with Crippen molar-refractivity contribution < 1.29 is 23.9 Å². The van der Waals surface area contributed by atoms with Crippen LogP contribution in [0.15, 0.2) is 23.8 Å². The Labute approximate surface area is 169 Å². The van der Waals surface area contributed by atoms with Crippen LogP contribution in [0.1, 0.15) is 90.9 Å². The van der Waals surface area contributed by atoms with Crippen molar-refractivity contribution in [2.75, 3.05) is 6.61 Å². The van der Waals surface area contributed by atoms with Gasteiger partial charge in [0.25, 0.3) is 6.47 Å². The van der Waals surface area contributed by atoms with Crippen molar-refractivity contribution in [2.45, 2.75) is 96.5 Å². The summed E-state index contributed by atoms with van der Waals surface area (Å²) in [5.74, 6) is -0.531. The number of esters is 1. The van der Waals surface area contributed by atoms with Gasteiger partial charge < -0.3 is 9.47 Å². The Kier molecular flexibility index (Phi) is 12.2. The molecule has 1 atom stereocenters. The topological polar surface area (TPSA) is 69.7 Å². The van der Waals surface area contributed by atoms with Crippen LogP contribution in [0, 0.1) is 0 Å². The van der Waals surface area contributed by atoms with Gasteiger partial charge in [0.15, 0.2) is 5.60 Å². The van der Waals surface area contributed by atoms with Gasteiger partial charge in [-0.05, 0) is 37.8 Å². The highest BCUT2D eigenvalue weighted by molar-refractivity contribution is 6.05. The fraction of sp³-hybridized carbons (Fsp3) is 0.696. The van der Waals surface area contributed by atoms with Crippen LogP contribution in [-0.2, 0) is 23.9 Å². The first kappa shape index (κ1) is 24.1. The minimum atomic E-state index is -1.14. The van der Waals surface area contributed by atoms with Crippen LogP contribution < -0.4 is 0 Å².